The van der Waals surface area contributed by atoms with Gasteiger partial charge in [-0.15, -0.1) is 0 Å². The van der Waals surface area contributed by atoms with Crippen molar-refractivity contribution in [2.75, 3.05) is 0 Å². The molecule has 0 unspecified atom stereocenters. The second-order valence-corrected chi connectivity index (χ2v) is 3.04. The Morgan fingerprint density at radius 3 is 2.50 bits per heavy atom. The minimum Gasteiger partial charge on any atom is -0.276 e. The van der Waals surface area contributed by atoms with Crippen LogP contribution >= 0.6 is 11.6 Å². The van der Waals surface area contributed by atoms with Gasteiger partial charge in [0.15, 0.2) is 0 Å². The summed E-state index contributed by atoms with van der Waals surface area (Å²) in [5, 5.41) is -0.616. The normalized spacial score (nSPS) is 10.0. The molecule has 0 bridgehead atoms. The zero-order valence-electron chi connectivity index (χ0n) is 6.82. The summed E-state index contributed by atoms with van der Waals surface area (Å²) < 4.78 is 13.0. The average molecular weight is 187 g/mol. The maximum Gasteiger partial charge on any atom is 0.252 e. The lowest BCUT2D eigenvalue weighted by atomic mass is 10.1. The molecule has 0 heterocycles. The molecule has 1 nitrogen and oxygen atoms in total. The molecule has 1 rings (SSSR count). The van der Waals surface area contributed by atoms with Gasteiger partial charge in [0.25, 0.3) is 5.24 Å². The average Bonchev–Trinajstić information content (AvgIpc) is 1.96. The third-order valence-corrected chi connectivity index (χ3v) is 1.90. The van der Waals surface area contributed by atoms with Gasteiger partial charge in [-0.05, 0) is 48.7 Å². The Balaban J connectivity index is 3.37. The molecule has 0 aliphatic rings. The minimum absolute atomic E-state index is 0.245. The Hall–Kier alpha value is -0.890. The zero-order valence-corrected chi connectivity index (χ0v) is 7.57. The van der Waals surface area contributed by atoms with Crippen molar-refractivity contribution in [2.24, 2.45) is 0 Å². The predicted octanol–water partition coefficient (Wildman–Crippen LogP) is 2.82. The highest BCUT2D eigenvalue weighted by atomic mass is 35.5. The smallest absolute Gasteiger partial charge is 0.252 e. The SMILES string of the molecule is Cc1cc(F)c(C)c(C(=O)Cl)c1. The summed E-state index contributed by atoms with van der Waals surface area (Å²) >= 11 is 5.25. The van der Waals surface area contributed by atoms with Gasteiger partial charge in [0.1, 0.15) is 5.82 Å². The van der Waals surface area contributed by atoms with Crippen LogP contribution in [0.5, 0.6) is 0 Å². The van der Waals surface area contributed by atoms with Gasteiger partial charge in [-0.2, -0.15) is 0 Å². The summed E-state index contributed by atoms with van der Waals surface area (Å²) in [5.74, 6) is -0.390. The molecular weight excluding hydrogens is 179 g/mol. The maximum atomic E-state index is 13.0. The molecule has 0 aliphatic heterocycles. The fourth-order valence-corrected chi connectivity index (χ4v) is 1.21. The highest BCUT2D eigenvalue weighted by Crippen LogP contribution is 2.16. The van der Waals surface area contributed by atoms with E-state index in [-0.39, 0.29) is 11.4 Å². The molecule has 12 heavy (non-hydrogen) atoms. The lowest BCUT2D eigenvalue weighted by Crippen LogP contribution is -1.97. The van der Waals surface area contributed by atoms with Crippen LogP contribution in [0.4, 0.5) is 4.39 Å². The third-order valence-electron chi connectivity index (χ3n) is 1.70. The van der Waals surface area contributed by atoms with E-state index in [2.05, 4.69) is 0 Å². The van der Waals surface area contributed by atoms with Gasteiger partial charge in [-0.3, -0.25) is 4.79 Å². The fraction of sp³-hybridized carbons (Fsp3) is 0.222. The lowest BCUT2D eigenvalue weighted by molar-refractivity contribution is 0.108. The number of halogens is 2. The predicted molar refractivity (Wildman–Crippen MR) is 46.1 cm³/mol. The van der Waals surface area contributed by atoms with E-state index in [9.17, 15) is 9.18 Å². The van der Waals surface area contributed by atoms with Crippen molar-refractivity contribution >= 4 is 16.8 Å². The Labute approximate surface area is 75.2 Å². The molecule has 0 aromatic heterocycles. The minimum atomic E-state index is -0.616. The van der Waals surface area contributed by atoms with Gasteiger partial charge in [0, 0.05) is 5.56 Å². The van der Waals surface area contributed by atoms with Crippen LogP contribution in [-0.4, -0.2) is 5.24 Å². The number of aryl methyl sites for hydroxylation is 1. The van der Waals surface area contributed by atoms with Crippen LogP contribution < -0.4 is 0 Å². The van der Waals surface area contributed by atoms with Crippen LogP contribution in [-0.2, 0) is 0 Å². The van der Waals surface area contributed by atoms with Crippen molar-refractivity contribution < 1.29 is 9.18 Å². The highest BCUT2D eigenvalue weighted by Gasteiger charge is 2.10. The number of carbonyl (C=O) groups is 1. The quantitative estimate of drug-likeness (QED) is 0.617. The van der Waals surface area contributed by atoms with Crippen LogP contribution in [0.1, 0.15) is 21.5 Å². The van der Waals surface area contributed by atoms with Gasteiger partial charge in [-0.25, -0.2) is 4.39 Å². The van der Waals surface area contributed by atoms with E-state index in [1.165, 1.54) is 13.0 Å². The number of hydrogen-bond acceptors (Lipinski definition) is 1. The highest BCUT2D eigenvalue weighted by molar-refractivity contribution is 6.67. The van der Waals surface area contributed by atoms with E-state index >= 15 is 0 Å². The molecule has 0 radical (unpaired) electrons. The summed E-state index contributed by atoms with van der Waals surface area (Å²) in [7, 11) is 0. The molecule has 3 heteroatoms. The number of rotatable bonds is 1. The molecular formula is C9H8ClFO. The standard InChI is InChI=1S/C9H8ClFO/c1-5-3-7(9(10)12)6(2)8(11)4-5/h3-4H,1-2H3. The molecule has 1 aromatic rings. The maximum absolute atomic E-state index is 13.0. The topological polar surface area (TPSA) is 17.1 Å². The first-order chi connectivity index (χ1) is 5.52. The van der Waals surface area contributed by atoms with E-state index < -0.39 is 5.24 Å². The van der Waals surface area contributed by atoms with Gasteiger partial charge in [-0.1, -0.05) is 0 Å². The van der Waals surface area contributed by atoms with Crippen LogP contribution in [0.25, 0.3) is 0 Å². The monoisotopic (exact) mass is 186 g/mol. The molecule has 0 saturated heterocycles. The second-order valence-electron chi connectivity index (χ2n) is 2.69. The summed E-state index contributed by atoms with van der Waals surface area (Å²) in [6, 6.07) is 2.95. The Morgan fingerprint density at radius 2 is 2.00 bits per heavy atom. The largest absolute Gasteiger partial charge is 0.276 e. The molecule has 0 N–H and O–H groups in total. The Kier molecular flexibility index (Phi) is 2.48. The molecule has 64 valence electrons. The Morgan fingerprint density at radius 1 is 1.42 bits per heavy atom. The lowest BCUT2D eigenvalue weighted by Gasteiger charge is -2.03. The number of benzene rings is 1. The van der Waals surface area contributed by atoms with E-state index in [1.807, 2.05) is 0 Å². The number of carbonyl (C=O) groups excluding carboxylic acids is 1. The number of hydrogen-bond donors (Lipinski definition) is 0. The van der Waals surface area contributed by atoms with Crippen LogP contribution in [0.2, 0.25) is 0 Å². The first-order valence-electron chi connectivity index (χ1n) is 3.49. The second kappa shape index (κ2) is 3.23. The molecule has 0 amide bonds. The summed E-state index contributed by atoms with van der Waals surface area (Å²) in [4.78, 5) is 10.8. The van der Waals surface area contributed by atoms with Crippen molar-refractivity contribution in [3.63, 3.8) is 0 Å². The van der Waals surface area contributed by atoms with Gasteiger partial charge < -0.3 is 0 Å². The van der Waals surface area contributed by atoms with Crippen molar-refractivity contribution in [3.05, 3.63) is 34.6 Å². The molecule has 0 atom stereocenters. The first-order valence-corrected chi connectivity index (χ1v) is 3.86. The molecule has 0 saturated carbocycles. The van der Waals surface area contributed by atoms with Crippen LogP contribution in [0.15, 0.2) is 12.1 Å². The van der Waals surface area contributed by atoms with Crippen LogP contribution in [0.3, 0.4) is 0 Å². The van der Waals surface area contributed by atoms with Crippen molar-refractivity contribution in [3.8, 4) is 0 Å². The molecule has 0 fully saturated rings. The van der Waals surface area contributed by atoms with E-state index in [1.54, 1.807) is 13.0 Å². The Bertz CT molecular complexity index is 334. The summed E-state index contributed by atoms with van der Waals surface area (Å²) in [5.41, 5.74) is 1.25. The first kappa shape index (κ1) is 9.20. The third kappa shape index (κ3) is 1.64. The molecule has 0 aliphatic carbocycles. The van der Waals surface area contributed by atoms with Gasteiger partial charge in [0.2, 0.25) is 0 Å². The van der Waals surface area contributed by atoms with Crippen LogP contribution in [0, 0.1) is 19.7 Å². The van der Waals surface area contributed by atoms with Crippen molar-refractivity contribution in [1.82, 2.24) is 0 Å². The summed E-state index contributed by atoms with van der Waals surface area (Å²) in [6.07, 6.45) is 0. The fourth-order valence-electron chi connectivity index (χ4n) is 1.02. The van der Waals surface area contributed by atoms with Gasteiger partial charge in [0.05, 0.1) is 0 Å². The molecule has 1 aromatic carbocycles. The van der Waals surface area contributed by atoms with Gasteiger partial charge >= 0.3 is 0 Å². The molecule has 0 spiro atoms. The summed E-state index contributed by atoms with van der Waals surface area (Å²) in [6.45, 7) is 3.25. The van der Waals surface area contributed by atoms with Crippen molar-refractivity contribution in [1.29, 1.82) is 0 Å². The zero-order chi connectivity index (χ0) is 9.30. The van der Waals surface area contributed by atoms with E-state index in [4.69, 9.17) is 11.6 Å². The van der Waals surface area contributed by atoms with Crippen molar-refractivity contribution in [2.45, 2.75) is 13.8 Å². The van der Waals surface area contributed by atoms with E-state index in [0.29, 0.717) is 11.1 Å². The van der Waals surface area contributed by atoms with E-state index in [0.717, 1.165) is 0 Å².